The summed E-state index contributed by atoms with van der Waals surface area (Å²) in [5.74, 6) is -1.36. The SMILES string of the molecule is COC(=O)C1=C(N)CCN(Cc2ccccc2)C1.COC(=O)C1CN(Cc2ccccc2)CCC1=O. The molecule has 0 aliphatic carbocycles. The molecule has 1 saturated heterocycles. The highest BCUT2D eigenvalue weighted by molar-refractivity contribution is 5.99. The number of ketones is 1. The van der Waals surface area contributed by atoms with Crippen LogP contribution in [0.4, 0.5) is 0 Å². The molecule has 8 heteroatoms. The lowest BCUT2D eigenvalue weighted by atomic mass is 9.96. The van der Waals surface area contributed by atoms with Gasteiger partial charge in [0.05, 0.1) is 19.8 Å². The Hall–Kier alpha value is -3.49. The summed E-state index contributed by atoms with van der Waals surface area (Å²) in [5.41, 5.74) is 9.55. The van der Waals surface area contributed by atoms with E-state index >= 15 is 0 Å². The summed E-state index contributed by atoms with van der Waals surface area (Å²) < 4.78 is 9.43. The maximum Gasteiger partial charge on any atom is 0.336 e. The van der Waals surface area contributed by atoms with Crippen molar-refractivity contribution in [3.8, 4) is 0 Å². The Labute approximate surface area is 212 Å². The highest BCUT2D eigenvalue weighted by Crippen LogP contribution is 2.18. The van der Waals surface area contributed by atoms with Gasteiger partial charge in [-0.05, 0) is 11.1 Å². The van der Waals surface area contributed by atoms with Crippen LogP contribution in [0.25, 0.3) is 0 Å². The smallest absolute Gasteiger partial charge is 0.336 e. The van der Waals surface area contributed by atoms with Crippen molar-refractivity contribution in [2.75, 3.05) is 40.4 Å². The molecule has 1 atom stereocenters. The number of nitrogens with two attached hydrogens (primary N) is 1. The zero-order valence-electron chi connectivity index (χ0n) is 21.0. The van der Waals surface area contributed by atoms with Crippen molar-refractivity contribution in [2.45, 2.75) is 25.9 Å². The number of esters is 2. The van der Waals surface area contributed by atoms with Gasteiger partial charge >= 0.3 is 11.9 Å². The Morgan fingerprint density at radius 3 is 1.97 bits per heavy atom. The van der Waals surface area contributed by atoms with Gasteiger partial charge in [0, 0.05) is 57.8 Å². The summed E-state index contributed by atoms with van der Waals surface area (Å²) in [6, 6.07) is 20.2. The van der Waals surface area contributed by atoms with Gasteiger partial charge in [-0.2, -0.15) is 0 Å². The van der Waals surface area contributed by atoms with Crippen molar-refractivity contribution in [1.82, 2.24) is 9.80 Å². The quantitative estimate of drug-likeness (QED) is 0.484. The average molecular weight is 494 g/mol. The molecule has 0 spiro atoms. The van der Waals surface area contributed by atoms with Gasteiger partial charge in [0.25, 0.3) is 0 Å². The molecule has 192 valence electrons. The topological polar surface area (TPSA) is 102 Å². The van der Waals surface area contributed by atoms with E-state index in [-0.39, 0.29) is 11.8 Å². The molecule has 2 aromatic carbocycles. The van der Waals surface area contributed by atoms with Crippen molar-refractivity contribution in [3.63, 3.8) is 0 Å². The molecule has 4 rings (SSSR count). The number of benzene rings is 2. The zero-order valence-corrected chi connectivity index (χ0v) is 21.0. The number of rotatable bonds is 6. The van der Waals surface area contributed by atoms with E-state index < -0.39 is 11.9 Å². The second kappa shape index (κ2) is 13.6. The lowest BCUT2D eigenvalue weighted by Crippen LogP contribution is -2.44. The molecule has 0 radical (unpaired) electrons. The summed E-state index contributed by atoms with van der Waals surface area (Å²) in [6.45, 7) is 4.20. The van der Waals surface area contributed by atoms with E-state index in [9.17, 15) is 14.4 Å². The summed E-state index contributed by atoms with van der Waals surface area (Å²) in [6.07, 6.45) is 1.14. The van der Waals surface area contributed by atoms with Gasteiger partial charge in [-0.1, -0.05) is 60.7 Å². The van der Waals surface area contributed by atoms with Crippen molar-refractivity contribution in [3.05, 3.63) is 83.1 Å². The van der Waals surface area contributed by atoms with Crippen LogP contribution in [0, 0.1) is 5.92 Å². The Kier molecular flexibility index (Phi) is 10.2. The minimum absolute atomic E-state index is 0.00818. The first kappa shape index (κ1) is 27.1. The number of carbonyl (C=O) groups is 3. The molecule has 1 fully saturated rings. The van der Waals surface area contributed by atoms with E-state index in [1.54, 1.807) is 0 Å². The number of ether oxygens (including phenoxy) is 2. The Bertz CT molecular complexity index is 1050. The first-order valence-electron chi connectivity index (χ1n) is 12.1. The zero-order chi connectivity index (χ0) is 25.9. The molecule has 0 amide bonds. The lowest BCUT2D eigenvalue weighted by Gasteiger charge is -2.30. The van der Waals surface area contributed by atoms with Gasteiger partial charge in [-0.25, -0.2) is 4.79 Å². The van der Waals surface area contributed by atoms with E-state index in [0.29, 0.717) is 37.3 Å². The van der Waals surface area contributed by atoms with Crippen LogP contribution in [0.15, 0.2) is 71.9 Å². The largest absolute Gasteiger partial charge is 0.468 e. The summed E-state index contributed by atoms with van der Waals surface area (Å²) >= 11 is 0. The molecule has 2 aromatic rings. The van der Waals surface area contributed by atoms with E-state index in [1.165, 1.54) is 25.3 Å². The number of hydrogen-bond donors (Lipinski definition) is 1. The Balaban J connectivity index is 0.000000201. The minimum Gasteiger partial charge on any atom is -0.468 e. The second-order valence-corrected chi connectivity index (χ2v) is 8.95. The fourth-order valence-corrected chi connectivity index (χ4v) is 4.36. The molecule has 2 aliphatic heterocycles. The van der Waals surface area contributed by atoms with Crippen LogP contribution in [-0.4, -0.2) is 67.9 Å². The number of likely N-dealkylation sites (tertiary alicyclic amines) is 1. The van der Waals surface area contributed by atoms with Crippen LogP contribution in [0.2, 0.25) is 0 Å². The third kappa shape index (κ3) is 7.76. The number of Topliss-reactive ketones (excluding diaryl/α,β-unsaturated/α-hetero) is 1. The molecule has 0 bridgehead atoms. The van der Waals surface area contributed by atoms with Crippen LogP contribution in [0.5, 0.6) is 0 Å². The predicted octanol–water partition coefficient (Wildman–Crippen LogP) is 2.53. The maximum absolute atomic E-state index is 11.7. The molecule has 36 heavy (non-hydrogen) atoms. The maximum atomic E-state index is 11.7. The van der Waals surface area contributed by atoms with Gasteiger partial charge < -0.3 is 15.2 Å². The van der Waals surface area contributed by atoms with Crippen molar-refractivity contribution >= 4 is 17.7 Å². The van der Waals surface area contributed by atoms with E-state index in [4.69, 9.17) is 10.5 Å². The van der Waals surface area contributed by atoms with E-state index in [1.807, 2.05) is 48.5 Å². The molecule has 1 unspecified atom stereocenters. The van der Waals surface area contributed by atoms with Crippen molar-refractivity contribution < 1.29 is 23.9 Å². The van der Waals surface area contributed by atoms with Gasteiger partial charge in [0.1, 0.15) is 11.7 Å². The normalized spacial score (nSPS) is 18.7. The molecule has 2 aliphatic rings. The molecule has 2 heterocycles. The lowest BCUT2D eigenvalue weighted by molar-refractivity contribution is -0.152. The molecule has 0 aromatic heterocycles. The van der Waals surface area contributed by atoms with Crippen LogP contribution in [0.3, 0.4) is 0 Å². The highest BCUT2D eigenvalue weighted by atomic mass is 16.5. The first-order valence-corrected chi connectivity index (χ1v) is 12.1. The third-order valence-electron chi connectivity index (χ3n) is 6.39. The summed E-state index contributed by atoms with van der Waals surface area (Å²) in [7, 11) is 2.71. The Morgan fingerprint density at radius 2 is 1.42 bits per heavy atom. The molecular formula is C28H35N3O5. The minimum atomic E-state index is -0.618. The van der Waals surface area contributed by atoms with Gasteiger partial charge in [0.15, 0.2) is 0 Å². The number of piperidine rings is 1. The van der Waals surface area contributed by atoms with Crippen molar-refractivity contribution in [1.29, 1.82) is 0 Å². The van der Waals surface area contributed by atoms with Crippen LogP contribution < -0.4 is 5.73 Å². The second-order valence-electron chi connectivity index (χ2n) is 8.95. The Morgan fingerprint density at radius 1 is 0.861 bits per heavy atom. The number of hydrogen-bond acceptors (Lipinski definition) is 8. The molecule has 8 nitrogen and oxygen atoms in total. The fraction of sp³-hybridized carbons (Fsp3) is 0.393. The number of nitrogens with zero attached hydrogens (tertiary/aromatic N) is 2. The molecular weight excluding hydrogens is 458 g/mol. The summed E-state index contributed by atoms with van der Waals surface area (Å²) in [4.78, 5) is 39.1. The van der Waals surface area contributed by atoms with E-state index in [2.05, 4.69) is 26.7 Å². The van der Waals surface area contributed by atoms with Gasteiger partial charge in [-0.3, -0.25) is 19.4 Å². The molecule has 0 saturated carbocycles. The molecule has 2 N–H and O–H groups in total. The third-order valence-corrected chi connectivity index (χ3v) is 6.39. The highest BCUT2D eigenvalue weighted by Gasteiger charge is 2.33. The average Bonchev–Trinajstić information content (AvgIpc) is 2.91. The van der Waals surface area contributed by atoms with Gasteiger partial charge in [-0.15, -0.1) is 0 Å². The fourth-order valence-electron chi connectivity index (χ4n) is 4.36. The number of methoxy groups -OCH3 is 2. The van der Waals surface area contributed by atoms with Crippen LogP contribution >= 0.6 is 0 Å². The summed E-state index contributed by atoms with van der Waals surface area (Å²) in [5, 5.41) is 0. The number of carbonyl (C=O) groups excluding carboxylic acids is 3. The standard InChI is InChI=1S/C14H18N2O2.C14H17NO3/c1-18-14(17)12-10-16(8-7-13(12)15)9-11-5-3-2-4-6-11;1-18-14(17)12-10-15(8-7-13(12)16)9-11-5-3-2-4-6-11/h2-6H,7-10,15H2,1H3;2-6,12H,7-10H2,1H3. The van der Waals surface area contributed by atoms with E-state index in [0.717, 1.165) is 26.1 Å². The van der Waals surface area contributed by atoms with Crippen LogP contribution in [0.1, 0.15) is 24.0 Å². The van der Waals surface area contributed by atoms with Gasteiger partial charge in [0.2, 0.25) is 0 Å². The van der Waals surface area contributed by atoms with Crippen LogP contribution in [-0.2, 0) is 36.9 Å². The first-order chi connectivity index (χ1) is 17.4. The van der Waals surface area contributed by atoms with Crippen molar-refractivity contribution in [2.24, 2.45) is 11.7 Å². The monoisotopic (exact) mass is 493 g/mol. The predicted molar refractivity (Wildman–Crippen MR) is 136 cm³/mol.